The number of hydrogen-bond donors (Lipinski definition) is 2. The molecule has 3 heterocycles. The zero-order valence-corrected chi connectivity index (χ0v) is 17.1. The van der Waals surface area contributed by atoms with Crippen molar-refractivity contribution < 1.29 is 9.59 Å². The molecule has 5 rings (SSSR count). The fraction of sp³-hybridized carbons (Fsp3) is 0.150. The molecule has 9 heteroatoms. The second-order valence-electron chi connectivity index (χ2n) is 7.09. The summed E-state index contributed by atoms with van der Waals surface area (Å²) in [6.07, 6.45) is 1.59. The molecule has 1 unspecified atom stereocenters. The van der Waals surface area contributed by atoms with Crippen LogP contribution in [0.25, 0.3) is 0 Å². The number of benzene rings is 2. The fourth-order valence-corrected chi connectivity index (χ4v) is 4.48. The lowest BCUT2D eigenvalue weighted by Crippen LogP contribution is -2.43. The second kappa shape index (κ2) is 6.49. The lowest BCUT2D eigenvalue weighted by Gasteiger charge is -2.31. The minimum atomic E-state index is -1.19. The monoisotopic (exact) mass is 446 g/mol. The second-order valence-corrected chi connectivity index (χ2v) is 8.34. The van der Waals surface area contributed by atoms with Crippen LogP contribution in [-0.4, -0.2) is 21.6 Å². The minimum Gasteiger partial charge on any atom is -0.325 e. The zero-order chi connectivity index (χ0) is 20.3. The van der Waals surface area contributed by atoms with E-state index >= 15 is 0 Å². The smallest absolute Gasteiger partial charge is 0.240 e. The quantitative estimate of drug-likeness (QED) is 0.608. The van der Waals surface area contributed by atoms with E-state index < -0.39 is 5.41 Å². The van der Waals surface area contributed by atoms with Gasteiger partial charge in [0.2, 0.25) is 11.8 Å². The molecule has 2 N–H and O–H groups in total. The van der Waals surface area contributed by atoms with Crippen molar-refractivity contribution >= 4 is 58.1 Å². The molecule has 2 aliphatic rings. The molecule has 0 saturated heterocycles. The van der Waals surface area contributed by atoms with Gasteiger partial charge in [0, 0.05) is 22.7 Å². The number of aromatic nitrogens is 2. The first-order valence-corrected chi connectivity index (χ1v) is 9.93. The molecule has 1 aromatic heterocycles. The molecule has 2 aliphatic heterocycles. The third-order valence-electron chi connectivity index (χ3n) is 5.38. The van der Waals surface area contributed by atoms with Gasteiger partial charge >= 0.3 is 0 Å². The maximum Gasteiger partial charge on any atom is 0.240 e. The van der Waals surface area contributed by atoms with Gasteiger partial charge in [-0.25, -0.2) is 4.68 Å². The number of halogens is 3. The first-order chi connectivity index (χ1) is 13.9. The number of amides is 2. The van der Waals surface area contributed by atoms with Crippen molar-refractivity contribution in [3.63, 3.8) is 0 Å². The van der Waals surface area contributed by atoms with Crippen LogP contribution in [0.1, 0.15) is 23.1 Å². The maximum atomic E-state index is 13.1. The van der Waals surface area contributed by atoms with Gasteiger partial charge in [-0.2, -0.15) is 5.10 Å². The SMILES string of the molecule is O=C1CC2(C(=O)Nc3cc(Cl)c(Cl)cc32)c2cnn(Cc3ccc(Cl)cc3)c2N1. The van der Waals surface area contributed by atoms with E-state index in [1.807, 2.05) is 12.1 Å². The molecule has 0 bridgehead atoms. The number of nitrogens with zero attached hydrogens (tertiary/aromatic N) is 2. The molecule has 2 amide bonds. The number of hydrogen-bond acceptors (Lipinski definition) is 3. The number of carbonyl (C=O) groups excluding carboxylic acids is 2. The molecule has 3 aromatic rings. The summed E-state index contributed by atoms with van der Waals surface area (Å²) in [5, 5.41) is 11.4. The van der Waals surface area contributed by atoms with Crippen LogP contribution in [0.5, 0.6) is 0 Å². The van der Waals surface area contributed by atoms with E-state index in [9.17, 15) is 9.59 Å². The number of anilines is 2. The largest absolute Gasteiger partial charge is 0.325 e. The Morgan fingerprint density at radius 3 is 2.48 bits per heavy atom. The predicted molar refractivity (Wildman–Crippen MR) is 112 cm³/mol. The first-order valence-electron chi connectivity index (χ1n) is 8.80. The predicted octanol–water partition coefficient (Wildman–Crippen LogP) is 4.47. The van der Waals surface area contributed by atoms with Crippen LogP contribution in [0.3, 0.4) is 0 Å². The molecule has 29 heavy (non-hydrogen) atoms. The lowest BCUT2D eigenvalue weighted by atomic mass is 9.72. The van der Waals surface area contributed by atoms with Crippen molar-refractivity contribution in [2.24, 2.45) is 0 Å². The Labute approximate surface area is 180 Å². The van der Waals surface area contributed by atoms with Gasteiger partial charge in [0.1, 0.15) is 11.2 Å². The van der Waals surface area contributed by atoms with Crippen molar-refractivity contribution in [2.45, 2.75) is 18.4 Å². The summed E-state index contributed by atoms with van der Waals surface area (Å²) in [7, 11) is 0. The highest BCUT2D eigenvalue weighted by atomic mass is 35.5. The molecule has 2 aromatic carbocycles. The van der Waals surface area contributed by atoms with E-state index in [1.54, 1.807) is 35.1 Å². The number of fused-ring (bicyclic) bond motifs is 4. The normalized spacial score (nSPS) is 19.7. The van der Waals surface area contributed by atoms with Gasteiger partial charge in [0.25, 0.3) is 0 Å². The van der Waals surface area contributed by atoms with E-state index in [-0.39, 0.29) is 18.2 Å². The van der Waals surface area contributed by atoms with Crippen LogP contribution < -0.4 is 10.6 Å². The zero-order valence-electron chi connectivity index (χ0n) is 14.8. The summed E-state index contributed by atoms with van der Waals surface area (Å²) in [5.41, 5.74) is 1.56. The summed E-state index contributed by atoms with van der Waals surface area (Å²) < 4.78 is 1.67. The van der Waals surface area contributed by atoms with Crippen LogP contribution in [0.15, 0.2) is 42.6 Å². The topological polar surface area (TPSA) is 76.0 Å². The van der Waals surface area contributed by atoms with Crippen molar-refractivity contribution in [3.8, 4) is 0 Å². The Balaban J connectivity index is 1.65. The van der Waals surface area contributed by atoms with Gasteiger partial charge in [-0.15, -0.1) is 0 Å². The number of nitrogens with one attached hydrogen (secondary N) is 2. The van der Waals surface area contributed by atoms with Crippen LogP contribution >= 0.6 is 34.8 Å². The summed E-state index contributed by atoms with van der Waals surface area (Å²) in [6, 6.07) is 10.6. The molecular weight excluding hydrogens is 435 g/mol. The molecule has 0 aliphatic carbocycles. The Hall–Kier alpha value is -2.54. The Kier molecular flexibility index (Phi) is 4.13. The van der Waals surface area contributed by atoms with Gasteiger partial charge in [-0.3, -0.25) is 9.59 Å². The van der Waals surface area contributed by atoms with E-state index in [2.05, 4.69) is 15.7 Å². The summed E-state index contributed by atoms with van der Waals surface area (Å²) >= 11 is 18.3. The van der Waals surface area contributed by atoms with Crippen LogP contribution in [-0.2, 0) is 21.5 Å². The van der Waals surface area contributed by atoms with Gasteiger partial charge in [0.15, 0.2) is 0 Å². The highest BCUT2D eigenvalue weighted by Gasteiger charge is 2.54. The van der Waals surface area contributed by atoms with Gasteiger partial charge in [-0.05, 0) is 35.4 Å². The van der Waals surface area contributed by atoms with E-state index in [4.69, 9.17) is 34.8 Å². The summed E-state index contributed by atoms with van der Waals surface area (Å²) in [4.78, 5) is 25.7. The molecule has 0 saturated carbocycles. The van der Waals surface area contributed by atoms with Gasteiger partial charge < -0.3 is 10.6 Å². The first kappa shape index (κ1) is 18.5. The molecule has 1 atom stereocenters. The fourth-order valence-electron chi connectivity index (χ4n) is 4.02. The lowest BCUT2D eigenvalue weighted by molar-refractivity contribution is -0.125. The highest BCUT2D eigenvalue weighted by Crippen LogP contribution is 2.51. The Bertz CT molecular complexity index is 1190. The molecule has 146 valence electrons. The Morgan fingerprint density at radius 2 is 1.72 bits per heavy atom. The summed E-state index contributed by atoms with van der Waals surface area (Å²) in [5.74, 6) is -0.0809. The average Bonchev–Trinajstić information content (AvgIpc) is 3.18. The van der Waals surface area contributed by atoms with Crippen LogP contribution in [0, 0.1) is 0 Å². The summed E-state index contributed by atoms with van der Waals surface area (Å²) in [6.45, 7) is 0.415. The van der Waals surface area contributed by atoms with Crippen molar-refractivity contribution in [1.82, 2.24) is 9.78 Å². The Morgan fingerprint density at radius 1 is 1.00 bits per heavy atom. The standard InChI is InChI=1S/C20H13Cl3N4O2/c21-11-3-1-10(2-4-11)9-27-18-13(8-24-27)20(7-17(28)26-18)12-5-14(22)15(23)6-16(12)25-19(20)29/h1-6,8H,7,9H2,(H,25,29)(H,26,28). The van der Waals surface area contributed by atoms with Gasteiger partial charge in [0.05, 0.1) is 22.8 Å². The van der Waals surface area contributed by atoms with Crippen molar-refractivity contribution in [3.05, 3.63) is 74.4 Å². The van der Waals surface area contributed by atoms with Gasteiger partial charge in [-0.1, -0.05) is 46.9 Å². The van der Waals surface area contributed by atoms with Crippen molar-refractivity contribution in [2.75, 3.05) is 10.6 Å². The average molecular weight is 448 g/mol. The molecule has 0 radical (unpaired) electrons. The van der Waals surface area contributed by atoms with Crippen molar-refractivity contribution in [1.29, 1.82) is 0 Å². The van der Waals surface area contributed by atoms with Crippen LogP contribution in [0.4, 0.5) is 11.5 Å². The highest BCUT2D eigenvalue weighted by molar-refractivity contribution is 6.42. The third kappa shape index (κ3) is 2.74. The minimum absolute atomic E-state index is 0.0383. The molecule has 1 spiro atoms. The van der Waals surface area contributed by atoms with E-state index in [0.29, 0.717) is 44.2 Å². The molecule has 6 nitrogen and oxygen atoms in total. The maximum absolute atomic E-state index is 13.1. The van der Waals surface area contributed by atoms with E-state index in [1.165, 1.54) is 0 Å². The number of rotatable bonds is 2. The molecular formula is C20H13Cl3N4O2. The van der Waals surface area contributed by atoms with Crippen LogP contribution in [0.2, 0.25) is 15.1 Å². The van der Waals surface area contributed by atoms with E-state index in [0.717, 1.165) is 5.56 Å². The number of carbonyl (C=O) groups is 2. The molecule has 0 fully saturated rings. The third-order valence-corrected chi connectivity index (χ3v) is 6.36.